The number of aliphatic hydroxyl groups is 1. The van der Waals surface area contributed by atoms with Gasteiger partial charge in [-0.3, -0.25) is 4.79 Å². The molecule has 0 heterocycles. The lowest BCUT2D eigenvalue weighted by atomic mass is 9.99. The molecule has 7 nitrogen and oxygen atoms in total. The second-order valence-corrected chi connectivity index (χ2v) is 10.4. The molecule has 228 valence electrons. The number of aryl methyl sites for hydroxylation is 1. The molecule has 0 unspecified atom stereocenters. The van der Waals surface area contributed by atoms with E-state index in [0.717, 1.165) is 35.7 Å². The fourth-order valence-corrected chi connectivity index (χ4v) is 4.52. The molecule has 2 aromatic carbocycles. The van der Waals surface area contributed by atoms with Gasteiger partial charge in [-0.05, 0) is 54.5 Å². The number of unbranched alkanes of at least 4 members (excludes halogenated alkanes) is 1. The minimum Gasteiger partial charge on any atom is -0.390 e. The van der Waals surface area contributed by atoms with E-state index in [4.69, 9.17) is 5.73 Å². The Kier molecular flexibility index (Phi) is 13.5. The lowest BCUT2D eigenvalue weighted by Gasteiger charge is -2.32. The smallest absolute Gasteiger partial charge is 0.315 e. The average molecular weight is 583 g/mol. The van der Waals surface area contributed by atoms with E-state index in [1.54, 1.807) is 6.07 Å². The van der Waals surface area contributed by atoms with Crippen LogP contribution >= 0.6 is 0 Å². The second-order valence-electron chi connectivity index (χ2n) is 10.4. The maximum Gasteiger partial charge on any atom is 0.315 e. The number of aliphatic hydroxyl groups excluding tert-OH is 1. The van der Waals surface area contributed by atoms with Crippen LogP contribution in [0.25, 0.3) is 0 Å². The van der Waals surface area contributed by atoms with Crippen molar-refractivity contribution in [1.82, 2.24) is 15.5 Å². The van der Waals surface area contributed by atoms with Crippen molar-refractivity contribution in [2.75, 3.05) is 13.6 Å². The van der Waals surface area contributed by atoms with E-state index in [1.807, 2.05) is 32.0 Å². The summed E-state index contributed by atoms with van der Waals surface area (Å²) in [5.74, 6) is -5.24. The number of carbonyl (C=O) groups is 2. The molecule has 0 aliphatic rings. The number of alkyl halides is 2. The highest BCUT2D eigenvalue weighted by Crippen LogP contribution is 2.28. The van der Waals surface area contributed by atoms with Crippen LogP contribution in [0.2, 0.25) is 0 Å². The standard InChI is InChI=1S/C30H42F4N4O3/c1-4-6-11-30(33,34)12-10-26(37-29(41)36-3)28(40)38(18-21-9-7-8-20(5-2)13-21)19-27(39)25(35)16-22-14-23(31)17-24(32)15-22/h7-9,13-15,17,25-27,39H,4-6,10-12,16,18-19,35H2,1-3H3,(H2,36,37,41)/t25-,26+,27+/m0/s1. The molecule has 0 saturated heterocycles. The van der Waals surface area contributed by atoms with Crippen LogP contribution in [0.5, 0.6) is 0 Å². The number of nitrogens with zero attached hydrogens (tertiary/aromatic N) is 1. The Hall–Kier alpha value is -3.18. The molecule has 0 aliphatic heterocycles. The fraction of sp³-hybridized carbons (Fsp3) is 0.533. The van der Waals surface area contributed by atoms with Gasteiger partial charge in [-0.1, -0.05) is 44.5 Å². The number of halogens is 4. The molecule has 0 spiro atoms. The molecule has 41 heavy (non-hydrogen) atoms. The van der Waals surface area contributed by atoms with Gasteiger partial charge in [0.2, 0.25) is 11.8 Å². The topological polar surface area (TPSA) is 108 Å². The Bertz CT molecular complexity index is 1110. The van der Waals surface area contributed by atoms with Crippen molar-refractivity contribution in [2.24, 2.45) is 5.73 Å². The molecule has 0 aliphatic carbocycles. The molecule has 0 radical (unpaired) electrons. The van der Waals surface area contributed by atoms with Crippen molar-refractivity contribution in [1.29, 1.82) is 0 Å². The first-order valence-electron chi connectivity index (χ1n) is 14.0. The molecule has 3 atom stereocenters. The SMILES string of the molecule is CCCCC(F)(F)CC[C@@H](NC(=O)NC)C(=O)N(Cc1cccc(CC)c1)C[C@@H](O)[C@@H](N)Cc1cc(F)cc(F)c1. The monoisotopic (exact) mass is 582 g/mol. The van der Waals surface area contributed by atoms with E-state index in [1.165, 1.54) is 11.9 Å². The number of hydrogen-bond donors (Lipinski definition) is 4. The van der Waals surface area contributed by atoms with Gasteiger partial charge in [-0.2, -0.15) is 0 Å². The van der Waals surface area contributed by atoms with Gasteiger partial charge in [0.15, 0.2) is 0 Å². The number of rotatable bonds is 16. The van der Waals surface area contributed by atoms with Crippen molar-refractivity contribution in [3.05, 3.63) is 70.8 Å². The summed E-state index contributed by atoms with van der Waals surface area (Å²) in [4.78, 5) is 27.2. The first-order chi connectivity index (χ1) is 19.4. The number of nitrogens with two attached hydrogens (primary N) is 1. The summed E-state index contributed by atoms with van der Waals surface area (Å²) in [6.45, 7) is 3.50. The van der Waals surface area contributed by atoms with E-state index in [-0.39, 0.29) is 37.9 Å². The minimum atomic E-state index is -3.01. The van der Waals surface area contributed by atoms with Gasteiger partial charge in [0.25, 0.3) is 0 Å². The lowest BCUT2D eigenvalue weighted by Crippen LogP contribution is -2.54. The number of urea groups is 1. The Labute approximate surface area is 239 Å². The molecule has 0 aromatic heterocycles. The normalized spacial score (nSPS) is 13.8. The van der Waals surface area contributed by atoms with E-state index in [2.05, 4.69) is 10.6 Å². The lowest BCUT2D eigenvalue weighted by molar-refractivity contribution is -0.136. The van der Waals surface area contributed by atoms with Gasteiger partial charge >= 0.3 is 6.03 Å². The van der Waals surface area contributed by atoms with Gasteiger partial charge in [-0.15, -0.1) is 0 Å². The highest BCUT2D eigenvalue weighted by molar-refractivity contribution is 5.87. The number of hydrogen-bond acceptors (Lipinski definition) is 4. The Balaban J connectivity index is 2.31. The van der Waals surface area contributed by atoms with Gasteiger partial charge in [0, 0.05) is 45.1 Å². The van der Waals surface area contributed by atoms with Gasteiger partial charge in [-0.25, -0.2) is 22.4 Å². The van der Waals surface area contributed by atoms with E-state index >= 15 is 0 Å². The third-order valence-electron chi connectivity index (χ3n) is 6.91. The van der Waals surface area contributed by atoms with Crippen LogP contribution in [0.15, 0.2) is 42.5 Å². The number of carbonyl (C=O) groups excluding carboxylic acids is 2. The van der Waals surface area contributed by atoms with E-state index in [0.29, 0.717) is 12.8 Å². The van der Waals surface area contributed by atoms with Crippen molar-refractivity contribution >= 4 is 11.9 Å². The van der Waals surface area contributed by atoms with Crippen LogP contribution in [0.3, 0.4) is 0 Å². The van der Waals surface area contributed by atoms with Gasteiger partial charge in [0.1, 0.15) is 17.7 Å². The van der Waals surface area contributed by atoms with Crippen molar-refractivity contribution < 1.29 is 32.3 Å². The maximum atomic E-state index is 14.5. The minimum absolute atomic E-state index is 0.0171. The summed E-state index contributed by atoms with van der Waals surface area (Å²) in [6.07, 6.45) is -0.996. The van der Waals surface area contributed by atoms with Gasteiger partial charge in [0.05, 0.1) is 6.10 Å². The van der Waals surface area contributed by atoms with Crippen LogP contribution in [0.4, 0.5) is 22.4 Å². The molecule has 3 amide bonds. The highest BCUT2D eigenvalue weighted by atomic mass is 19.3. The molecular formula is C30H42F4N4O3. The fourth-order valence-electron chi connectivity index (χ4n) is 4.52. The third kappa shape index (κ3) is 11.7. The van der Waals surface area contributed by atoms with Crippen molar-refractivity contribution in [3.63, 3.8) is 0 Å². The Morgan fingerprint density at radius 3 is 2.29 bits per heavy atom. The van der Waals surface area contributed by atoms with Crippen LogP contribution in [0.1, 0.15) is 62.6 Å². The summed E-state index contributed by atoms with van der Waals surface area (Å²) < 4.78 is 56.3. The maximum absolute atomic E-state index is 14.5. The molecule has 0 bridgehead atoms. The summed E-state index contributed by atoms with van der Waals surface area (Å²) in [6, 6.07) is 7.37. The molecule has 2 rings (SSSR count). The molecule has 0 saturated carbocycles. The van der Waals surface area contributed by atoms with Crippen LogP contribution in [-0.2, 0) is 24.2 Å². The number of benzene rings is 2. The quantitative estimate of drug-likeness (QED) is 0.216. The highest BCUT2D eigenvalue weighted by Gasteiger charge is 2.34. The first-order valence-corrected chi connectivity index (χ1v) is 14.0. The molecule has 11 heteroatoms. The van der Waals surface area contributed by atoms with E-state index in [9.17, 15) is 32.3 Å². The van der Waals surface area contributed by atoms with Crippen LogP contribution in [-0.4, -0.2) is 59.6 Å². The van der Waals surface area contributed by atoms with Crippen molar-refractivity contribution in [2.45, 2.75) is 89.4 Å². The number of amides is 3. The summed E-state index contributed by atoms with van der Waals surface area (Å²) in [5.41, 5.74) is 8.14. The zero-order valence-electron chi connectivity index (χ0n) is 23.9. The van der Waals surface area contributed by atoms with Crippen molar-refractivity contribution in [3.8, 4) is 0 Å². The second kappa shape index (κ2) is 16.3. The molecule has 2 aromatic rings. The molecular weight excluding hydrogens is 540 g/mol. The van der Waals surface area contributed by atoms with E-state index < -0.39 is 54.1 Å². The average Bonchev–Trinajstić information content (AvgIpc) is 2.92. The van der Waals surface area contributed by atoms with Crippen LogP contribution in [0, 0.1) is 11.6 Å². The summed E-state index contributed by atoms with van der Waals surface area (Å²) in [5, 5.41) is 15.8. The molecule has 0 fully saturated rings. The van der Waals surface area contributed by atoms with Crippen LogP contribution < -0.4 is 16.4 Å². The first kappa shape index (κ1) is 34.0. The Morgan fingerprint density at radius 2 is 1.68 bits per heavy atom. The molecule has 5 N–H and O–H groups in total. The zero-order chi connectivity index (χ0) is 30.6. The summed E-state index contributed by atoms with van der Waals surface area (Å²) in [7, 11) is 1.35. The number of nitrogens with one attached hydrogen (secondary N) is 2. The Morgan fingerprint density at radius 1 is 1.02 bits per heavy atom. The predicted octanol–water partition coefficient (Wildman–Crippen LogP) is 4.69. The van der Waals surface area contributed by atoms with Gasteiger partial charge < -0.3 is 26.4 Å². The largest absolute Gasteiger partial charge is 0.390 e. The zero-order valence-corrected chi connectivity index (χ0v) is 23.9. The predicted molar refractivity (Wildman–Crippen MR) is 150 cm³/mol. The summed E-state index contributed by atoms with van der Waals surface area (Å²) >= 11 is 0. The third-order valence-corrected chi connectivity index (χ3v) is 6.91.